The Kier molecular flexibility index (Phi) is 3.38. The van der Waals surface area contributed by atoms with Gasteiger partial charge in [0.25, 0.3) is 0 Å². The molecule has 66 valence electrons. The monoisotopic (exact) mass is 155 g/mol. The lowest BCUT2D eigenvalue weighted by molar-refractivity contribution is 0.300. The van der Waals surface area contributed by atoms with Crippen LogP contribution in [-0.2, 0) is 0 Å². The largest absolute Gasteiger partial charge is 0.303 e. The van der Waals surface area contributed by atoms with E-state index < -0.39 is 0 Å². The fourth-order valence-electron chi connectivity index (χ4n) is 2.29. The van der Waals surface area contributed by atoms with E-state index in [2.05, 4.69) is 25.8 Å². The van der Waals surface area contributed by atoms with Crippen molar-refractivity contribution >= 4 is 0 Å². The van der Waals surface area contributed by atoms with Crippen molar-refractivity contribution in [3.8, 4) is 0 Å². The van der Waals surface area contributed by atoms with E-state index in [0.29, 0.717) is 0 Å². The molecule has 1 fully saturated rings. The predicted molar refractivity (Wildman–Crippen MR) is 49.7 cm³/mol. The molecule has 0 spiro atoms. The van der Waals surface area contributed by atoms with Crippen molar-refractivity contribution in [3.05, 3.63) is 0 Å². The first-order chi connectivity index (χ1) is 5.27. The standard InChI is InChI=1S/C10H21N/c1-4-6-9-7-10(5-2)11(3)8-9/h9-10H,4-8H2,1-3H3. The molecule has 0 bridgehead atoms. The molecule has 0 saturated carbocycles. The van der Waals surface area contributed by atoms with Crippen LogP contribution in [0.5, 0.6) is 0 Å². The Morgan fingerprint density at radius 3 is 2.55 bits per heavy atom. The first-order valence-corrected chi connectivity index (χ1v) is 4.98. The molecule has 0 aromatic heterocycles. The van der Waals surface area contributed by atoms with Crippen molar-refractivity contribution in [2.24, 2.45) is 5.92 Å². The van der Waals surface area contributed by atoms with Crippen molar-refractivity contribution in [1.82, 2.24) is 4.90 Å². The Bertz CT molecular complexity index is 111. The zero-order chi connectivity index (χ0) is 8.27. The summed E-state index contributed by atoms with van der Waals surface area (Å²) in [6, 6.07) is 0.881. The highest BCUT2D eigenvalue weighted by molar-refractivity contribution is 4.81. The molecule has 1 saturated heterocycles. The molecule has 1 rings (SSSR count). The lowest BCUT2D eigenvalue weighted by Gasteiger charge is -2.16. The number of rotatable bonds is 3. The topological polar surface area (TPSA) is 3.24 Å². The van der Waals surface area contributed by atoms with Gasteiger partial charge in [-0.05, 0) is 32.2 Å². The molecule has 0 amide bonds. The van der Waals surface area contributed by atoms with Gasteiger partial charge in [-0.3, -0.25) is 0 Å². The van der Waals surface area contributed by atoms with Gasteiger partial charge in [-0.1, -0.05) is 20.3 Å². The third-order valence-corrected chi connectivity index (χ3v) is 2.94. The summed E-state index contributed by atoms with van der Waals surface area (Å²) < 4.78 is 0. The average Bonchev–Trinajstić information content (AvgIpc) is 2.32. The van der Waals surface area contributed by atoms with Crippen molar-refractivity contribution in [2.45, 2.75) is 45.6 Å². The summed E-state index contributed by atoms with van der Waals surface area (Å²) >= 11 is 0. The maximum atomic E-state index is 2.53. The van der Waals surface area contributed by atoms with E-state index in [1.807, 2.05) is 0 Å². The summed E-state index contributed by atoms with van der Waals surface area (Å²) in [7, 11) is 2.27. The summed E-state index contributed by atoms with van der Waals surface area (Å²) in [6.07, 6.45) is 5.56. The van der Waals surface area contributed by atoms with Crippen LogP contribution < -0.4 is 0 Å². The summed E-state index contributed by atoms with van der Waals surface area (Å²) in [6.45, 7) is 5.93. The van der Waals surface area contributed by atoms with Gasteiger partial charge in [0.15, 0.2) is 0 Å². The number of hydrogen-bond donors (Lipinski definition) is 0. The third kappa shape index (κ3) is 2.19. The third-order valence-electron chi connectivity index (χ3n) is 2.94. The Hall–Kier alpha value is -0.0400. The van der Waals surface area contributed by atoms with Crippen LogP contribution in [0.15, 0.2) is 0 Å². The SMILES string of the molecule is CCCC1CC(CC)N(C)C1. The minimum atomic E-state index is 0.881. The van der Waals surface area contributed by atoms with E-state index in [-0.39, 0.29) is 0 Å². The van der Waals surface area contributed by atoms with Crippen molar-refractivity contribution in [1.29, 1.82) is 0 Å². The van der Waals surface area contributed by atoms with Gasteiger partial charge in [0, 0.05) is 12.6 Å². The molecule has 0 N–H and O–H groups in total. The van der Waals surface area contributed by atoms with Gasteiger partial charge in [-0.2, -0.15) is 0 Å². The van der Waals surface area contributed by atoms with Gasteiger partial charge in [0.05, 0.1) is 0 Å². The Balaban J connectivity index is 2.30. The van der Waals surface area contributed by atoms with Crippen LogP contribution in [0.1, 0.15) is 39.5 Å². The van der Waals surface area contributed by atoms with Crippen LogP contribution in [0.4, 0.5) is 0 Å². The highest BCUT2D eigenvalue weighted by atomic mass is 15.1. The molecule has 2 atom stereocenters. The molecule has 1 heteroatoms. The highest BCUT2D eigenvalue weighted by Gasteiger charge is 2.26. The first-order valence-electron chi connectivity index (χ1n) is 4.98. The van der Waals surface area contributed by atoms with Crippen LogP contribution in [0.2, 0.25) is 0 Å². The average molecular weight is 155 g/mol. The van der Waals surface area contributed by atoms with Crippen LogP contribution in [0.3, 0.4) is 0 Å². The smallest absolute Gasteiger partial charge is 0.00928 e. The molecular formula is C10H21N. The molecule has 0 radical (unpaired) electrons. The fourth-order valence-corrected chi connectivity index (χ4v) is 2.29. The van der Waals surface area contributed by atoms with Gasteiger partial charge >= 0.3 is 0 Å². The fraction of sp³-hybridized carbons (Fsp3) is 1.00. The van der Waals surface area contributed by atoms with Gasteiger partial charge < -0.3 is 4.90 Å². The van der Waals surface area contributed by atoms with E-state index in [0.717, 1.165) is 12.0 Å². The maximum Gasteiger partial charge on any atom is 0.00928 e. The summed E-state index contributed by atoms with van der Waals surface area (Å²) in [4.78, 5) is 2.53. The van der Waals surface area contributed by atoms with Crippen LogP contribution >= 0.6 is 0 Å². The van der Waals surface area contributed by atoms with Gasteiger partial charge in [-0.25, -0.2) is 0 Å². The van der Waals surface area contributed by atoms with Gasteiger partial charge in [-0.15, -0.1) is 0 Å². The van der Waals surface area contributed by atoms with E-state index >= 15 is 0 Å². The van der Waals surface area contributed by atoms with E-state index in [9.17, 15) is 0 Å². The normalized spacial score (nSPS) is 33.0. The van der Waals surface area contributed by atoms with Crippen molar-refractivity contribution in [2.75, 3.05) is 13.6 Å². The lowest BCUT2D eigenvalue weighted by Crippen LogP contribution is -2.23. The lowest BCUT2D eigenvalue weighted by atomic mass is 10.00. The van der Waals surface area contributed by atoms with Crippen molar-refractivity contribution < 1.29 is 0 Å². The molecule has 0 aromatic carbocycles. The molecular weight excluding hydrogens is 134 g/mol. The molecule has 0 aliphatic carbocycles. The van der Waals surface area contributed by atoms with Crippen molar-refractivity contribution in [3.63, 3.8) is 0 Å². The molecule has 1 aliphatic heterocycles. The summed E-state index contributed by atoms with van der Waals surface area (Å²) in [5.41, 5.74) is 0. The number of hydrogen-bond acceptors (Lipinski definition) is 1. The molecule has 11 heavy (non-hydrogen) atoms. The van der Waals surface area contributed by atoms with E-state index in [4.69, 9.17) is 0 Å². The Morgan fingerprint density at radius 1 is 1.36 bits per heavy atom. The van der Waals surface area contributed by atoms with E-state index in [1.165, 1.54) is 32.2 Å². The first kappa shape index (κ1) is 9.05. The van der Waals surface area contributed by atoms with Gasteiger partial charge in [0.1, 0.15) is 0 Å². The molecule has 1 nitrogen and oxygen atoms in total. The van der Waals surface area contributed by atoms with Gasteiger partial charge in [0.2, 0.25) is 0 Å². The van der Waals surface area contributed by atoms with Crippen LogP contribution in [0, 0.1) is 5.92 Å². The zero-order valence-corrected chi connectivity index (χ0v) is 8.14. The highest BCUT2D eigenvalue weighted by Crippen LogP contribution is 2.26. The summed E-state index contributed by atoms with van der Waals surface area (Å²) in [5.74, 6) is 0.995. The Labute approximate surface area is 70.8 Å². The zero-order valence-electron chi connectivity index (χ0n) is 8.14. The van der Waals surface area contributed by atoms with E-state index in [1.54, 1.807) is 0 Å². The van der Waals surface area contributed by atoms with Crippen LogP contribution in [-0.4, -0.2) is 24.5 Å². The summed E-state index contributed by atoms with van der Waals surface area (Å²) in [5, 5.41) is 0. The maximum absolute atomic E-state index is 2.53. The number of likely N-dealkylation sites (tertiary alicyclic amines) is 1. The molecule has 1 aliphatic rings. The second-order valence-corrected chi connectivity index (χ2v) is 3.89. The predicted octanol–water partition coefficient (Wildman–Crippen LogP) is 2.52. The second-order valence-electron chi connectivity index (χ2n) is 3.89. The number of nitrogens with zero attached hydrogens (tertiary/aromatic N) is 1. The minimum Gasteiger partial charge on any atom is -0.303 e. The Morgan fingerprint density at radius 2 is 2.09 bits per heavy atom. The molecule has 2 unspecified atom stereocenters. The molecule has 0 aromatic rings. The minimum absolute atomic E-state index is 0.881. The second kappa shape index (κ2) is 4.10. The quantitative estimate of drug-likeness (QED) is 0.605. The van der Waals surface area contributed by atoms with Crippen LogP contribution in [0.25, 0.3) is 0 Å². The molecule has 1 heterocycles.